The molecular formula is C30H20BF3N2O. The van der Waals surface area contributed by atoms with Crippen molar-refractivity contribution >= 4 is 23.2 Å². The summed E-state index contributed by atoms with van der Waals surface area (Å²) in [4.78, 5) is 8.51. The normalized spacial score (nSPS) is 12.3. The highest BCUT2D eigenvalue weighted by atomic mass is 19.4. The number of ether oxygens (including phenoxy) is 1. The predicted octanol–water partition coefficient (Wildman–Crippen LogP) is 5.76. The van der Waals surface area contributed by atoms with E-state index in [1.54, 1.807) is 18.2 Å². The van der Waals surface area contributed by atoms with E-state index < -0.39 is 17.6 Å². The van der Waals surface area contributed by atoms with E-state index in [0.29, 0.717) is 0 Å². The lowest BCUT2D eigenvalue weighted by atomic mass is 9.40. The third kappa shape index (κ3) is 4.27. The van der Waals surface area contributed by atoms with Gasteiger partial charge in [-0.3, -0.25) is 4.98 Å². The van der Waals surface area contributed by atoms with Crippen molar-refractivity contribution in [1.29, 1.82) is 0 Å². The number of hydrogen-bond acceptors (Lipinski definition) is 3. The summed E-state index contributed by atoms with van der Waals surface area (Å²) >= 11 is 0. The largest absolute Gasteiger partial charge is 0.438 e. The third-order valence-electron chi connectivity index (χ3n) is 6.62. The number of aromatic nitrogens is 2. The van der Waals surface area contributed by atoms with Crippen molar-refractivity contribution in [2.45, 2.75) is 13.1 Å². The van der Waals surface area contributed by atoms with Crippen molar-refractivity contribution in [3.05, 3.63) is 115 Å². The second kappa shape index (κ2) is 8.93. The molecule has 1 aliphatic rings. The van der Waals surface area contributed by atoms with Crippen LogP contribution in [0.2, 0.25) is 0 Å². The third-order valence-corrected chi connectivity index (χ3v) is 6.62. The molecule has 0 N–H and O–H groups in total. The molecule has 37 heavy (non-hydrogen) atoms. The van der Waals surface area contributed by atoms with Gasteiger partial charge in [0.1, 0.15) is 11.3 Å². The predicted molar refractivity (Wildman–Crippen MR) is 140 cm³/mol. The first kappa shape index (κ1) is 23.0. The van der Waals surface area contributed by atoms with Gasteiger partial charge in [0.15, 0.2) is 0 Å². The Kier molecular flexibility index (Phi) is 5.56. The van der Waals surface area contributed by atoms with Crippen LogP contribution in [-0.4, -0.2) is 16.7 Å². The van der Waals surface area contributed by atoms with Gasteiger partial charge < -0.3 is 4.74 Å². The number of halogens is 3. The van der Waals surface area contributed by atoms with Crippen LogP contribution >= 0.6 is 0 Å². The van der Waals surface area contributed by atoms with Gasteiger partial charge in [-0.2, -0.15) is 13.2 Å². The first-order chi connectivity index (χ1) is 17.9. The second-order valence-electron chi connectivity index (χ2n) is 9.06. The van der Waals surface area contributed by atoms with Gasteiger partial charge in [0.25, 0.3) is 6.71 Å². The molecule has 5 aromatic rings. The van der Waals surface area contributed by atoms with Crippen LogP contribution in [-0.2, 0) is 6.18 Å². The average molecular weight is 492 g/mol. The first-order valence-electron chi connectivity index (χ1n) is 11.8. The number of hydrogen-bond donors (Lipinski definition) is 0. The smallest absolute Gasteiger partial charge is 0.421 e. The highest BCUT2D eigenvalue weighted by Gasteiger charge is 2.36. The fraction of sp³-hybridized carbons (Fsp3) is 0.0667. The van der Waals surface area contributed by atoms with E-state index in [4.69, 9.17) is 9.72 Å². The van der Waals surface area contributed by atoms with Crippen molar-refractivity contribution in [1.82, 2.24) is 9.97 Å². The molecule has 0 saturated heterocycles. The molecule has 3 nitrogen and oxygen atoms in total. The summed E-state index contributed by atoms with van der Waals surface area (Å²) in [6, 6.07) is 28.0. The summed E-state index contributed by atoms with van der Waals surface area (Å²) in [7, 11) is 0. The van der Waals surface area contributed by atoms with E-state index in [0.717, 1.165) is 39.4 Å². The molecule has 2 aromatic heterocycles. The highest BCUT2D eigenvalue weighted by molar-refractivity contribution is 6.98. The van der Waals surface area contributed by atoms with Crippen molar-refractivity contribution in [3.63, 3.8) is 0 Å². The Labute approximate surface area is 212 Å². The Hall–Kier alpha value is -4.39. The van der Waals surface area contributed by atoms with Crippen LogP contribution in [0.4, 0.5) is 13.2 Å². The molecule has 0 spiro atoms. The molecule has 180 valence electrons. The fourth-order valence-corrected chi connectivity index (χ4v) is 4.96. The summed E-state index contributed by atoms with van der Waals surface area (Å²) in [6.45, 7) is 2.05. The molecule has 3 aromatic carbocycles. The lowest BCUT2D eigenvalue weighted by Crippen LogP contribution is -2.50. The standard InChI is InChI=1S/C30H20BF3N2O/c1-19-13-15-35-28(16-19)31-26-10-3-2-8-23(26)24-12-11-21(18-27(24)31)20-6-4-7-22(17-20)37-29-25(30(32,33)34)9-5-14-36-29/h2-18H,1H3. The van der Waals surface area contributed by atoms with Crippen LogP contribution < -0.4 is 21.3 Å². The van der Waals surface area contributed by atoms with Gasteiger partial charge in [-0.05, 0) is 71.1 Å². The molecule has 0 atom stereocenters. The van der Waals surface area contributed by atoms with Gasteiger partial charge in [-0.1, -0.05) is 65.5 Å². The molecule has 7 heteroatoms. The SMILES string of the molecule is Cc1ccnc(B2c3ccccc3-c3ccc(-c4cccc(Oc5ncccc5C(F)(F)F)c4)cc32)c1. The summed E-state index contributed by atoms with van der Waals surface area (Å²) in [5.41, 5.74) is 7.67. The minimum absolute atomic E-state index is 0.00616. The molecule has 3 heterocycles. The van der Waals surface area contributed by atoms with Gasteiger partial charge in [0.2, 0.25) is 5.88 Å². The maximum atomic E-state index is 13.4. The summed E-state index contributed by atoms with van der Waals surface area (Å²) in [6.07, 6.45) is -1.44. The molecule has 6 rings (SSSR count). The Balaban J connectivity index is 1.40. The number of pyridine rings is 2. The highest BCUT2D eigenvalue weighted by Crippen LogP contribution is 2.37. The Morgan fingerprint density at radius 1 is 0.703 bits per heavy atom. The van der Waals surface area contributed by atoms with Gasteiger partial charge in [0, 0.05) is 18.0 Å². The van der Waals surface area contributed by atoms with E-state index in [9.17, 15) is 13.2 Å². The Morgan fingerprint density at radius 2 is 1.51 bits per heavy atom. The molecule has 0 amide bonds. The van der Waals surface area contributed by atoms with Gasteiger partial charge >= 0.3 is 6.18 Å². The van der Waals surface area contributed by atoms with Crippen LogP contribution in [0.15, 0.2) is 103 Å². The van der Waals surface area contributed by atoms with Crippen molar-refractivity contribution in [2.24, 2.45) is 0 Å². The van der Waals surface area contributed by atoms with Crippen molar-refractivity contribution < 1.29 is 17.9 Å². The Bertz CT molecular complexity index is 1630. The number of nitrogens with zero attached hydrogens (tertiary/aromatic N) is 2. The summed E-state index contributed by atoms with van der Waals surface area (Å²) in [5, 5.41) is 0. The second-order valence-corrected chi connectivity index (χ2v) is 9.06. The van der Waals surface area contributed by atoms with Crippen LogP contribution in [0.25, 0.3) is 22.3 Å². The minimum Gasteiger partial charge on any atom is -0.438 e. The monoisotopic (exact) mass is 492 g/mol. The Morgan fingerprint density at radius 3 is 2.35 bits per heavy atom. The zero-order chi connectivity index (χ0) is 25.6. The number of alkyl halides is 3. The van der Waals surface area contributed by atoms with Crippen LogP contribution in [0.5, 0.6) is 11.6 Å². The van der Waals surface area contributed by atoms with Crippen molar-refractivity contribution in [3.8, 4) is 33.9 Å². The lowest BCUT2D eigenvalue weighted by Gasteiger charge is -2.14. The maximum absolute atomic E-state index is 13.4. The number of rotatable bonds is 4. The van der Waals surface area contributed by atoms with Crippen LogP contribution in [0.1, 0.15) is 11.1 Å². The van der Waals surface area contributed by atoms with Crippen LogP contribution in [0, 0.1) is 6.92 Å². The zero-order valence-corrected chi connectivity index (χ0v) is 19.8. The van der Waals surface area contributed by atoms with E-state index >= 15 is 0 Å². The maximum Gasteiger partial charge on any atom is 0.421 e. The quantitative estimate of drug-likeness (QED) is 0.294. The summed E-state index contributed by atoms with van der Waals surface area (Å²) in [5.74, 6) is -0.190. The van der Waals surface area contributed by atoms with E-state index in [1.165, 1.54) is 23.3 Å². The molecule has 0 radical (unpaired) electrons. The molecule has 0 fully saturated rings. The average Bonchev–Trinajstić information content (AvgIpc) is 3.22. The number of aryl methyl sites for hydroxylation is 1. The van der Waals surface area contributed by atoms with Gasteiger partial charge in [-0.25, -0.2) is 4.98 Å². The molecule has 0 saturated carbocycles. The zero-order valence-electron chi connectivity index (χ0n) is 19.8. The number of fused-ring (bicyclic) bond motifs is 3. The first-order valence-corrected chi connectivity index (χ1v) is 11.8. The minimum atomic E-state index is -4.56. The molecule has 0 aliphatic carbocycles. The molecular weight excluding hydrogens is 472 g/mol. The summed E-state index contributed by atoms with van der Waals surface area (Å²) < 4.78 is 45.8. The van der Waals surface area contributed by atoms with E-state index in [1.807, 2.05) is 36.5 Å². The topological polar surface area (TPSA) is 35.0 Å². The van der Waals surface area contributed by atoms with Gasteiger partial charge in [0.05, 0.1) is 0 Å². The molecule has 1 aliphatic heterocycles. The van der Waals surface area contributed by atoms with Gasteiger partial charge in [-0.15, -0.1) is 0 Å². The van der Waals surface area contributed by atoms with Crippen LogP contribution in [0.3, 0.4) is 0 Å². The lowest BCUT2D eigenvalue weighted by molar-refractivity contribution is -0.138. The molecule has 0 unspecified atom stereocenters. The molecule has 0 bridgehead atoms. The number of benzene rings is 3. The fourth-order valence-electron chi connectivity index (χ4n) is 4.96. The van der Waals surface area contributed by atoms with E-state index in [2.05, 4.69) is 42.2 Å². The van der Waals surface area contributed by atoms with Crippen molar-refractivity contribution in [2.75, 3.05) is 0 Å². The van der Waals surface area contributed by atoms with E-state index in [-0.39, 0.29) is 12.5 Å².